The van der Waals surface area contributed by atoms with Gasteiger partial charge in [-0.15, -0.1) is 11.3 Å². The largest absolute Gasteiger partial charge is 0.441 e. The van der Waals surface area contributed by atoms with E-state index < -0.39 is 5.51 Å². The lowest BCUT2D eigenvalue weighted by molar-refractivity contribution is -0.0327. The molecule has 0 spiro atoms. The summed E-state index contributed by atoms with van der Waals surface area (Å²) in [7, 11) is 0. The van der Waals surface area contributed by atoms with Gasteiger partial charge in [-0.3, -0.25) is 5.43 Å². The SMILES string of the molecule is Cc1cc2c(NCCSC(F)(F)F)nc(NN)nc2s1. The highest BCUT2D eigenvalue weighted by atomic mass is 32.2. The minimum atomic E-state index is -4.22. The zero-order valence-corrected chi connectivity index (χ0v) is 12.0. The number of thioether (sulfide) groups is 1. The molecule has 110 valence electrons. The molecular formula is C10H12F3N5S2. The van der Waals surface area contributed by atoms with Crippen LogP contribution in [0.25, 0.3) is 10.2 Å². The zero-order valence-electron chi connectivity index (χ0n) is 10.4. The Kier molecular flexibility index (Phi) is 4.55. The summed E-state index contributed by atoms with van der Waals surface area (Å²) in [6, 6.07) is 1.89. The third-order valence-corrected chi connectivity index (χ3v) is 3.99. The Morgan fingerprint density at radius 2 is 2.15 bits per heavy atom. The number of hydrogen-bond donors (Lipinski definition) is 3. The van der Waals surface area contributed by atoms with E-state index in [2.05, 4.69) is 20.7 Å². The average Bonchev–Trinajstić information content (AvgIpc) is 2.73. The van der Waals surface area contributed by atoms with Gasteiger partial charge < -0.3 is 5.32 Å². The van der Waals surface area contributed by atoms with Crippen LogP contribution in [-0.4, -0.2) is 27.8 Å². The quantitative estimate of drug-likeness (QED) is 0.446. The number of anilines is 2. The maximum Gasteiger partial charge on any atom is 0.441 e. The van der Waals surface area contributed by atoms with Crippen molar-refractivity contribution in [1.29, 1.82) is 0 Å². The number of alkyl halides is 3. The van der Waals surface area contributed by atoms with Crippen molar-refractivity contribution in [1.82, 2.24) is 9.97 Å². The number of nitrogens with two attached hydrogens (primary N) is 1. The summed E-state index contributed by atoms with van der Waals surface area (Å²) >= 11 is 1.40. The molecule has 5 nitrogen and oxygen atoms in total. The fourth-order valence-electron chi connectivity index (χ4n) is 1.58. The minimum absolute atomic E-state index is 0.0702. The number of hydrogen-bond acceptors (Lipinski definition) is 7. The van der Waals surface area contributed by atoms with E-state index in [1.807, 2.05) is 13.0 Å². The number of thiophene rings is 1. The van der Waals surface area contributed by atoms with E-state index in [1.54, 1.807) is 0 Å². The van der Waals surface area contributed by atoms with Gasteiger partial charge in [-0.25, -0.2) is 10.8 Å². The first-order valence-corrected chi connectivity index (χ1v) is 7.38. The van der Waals surface area contributed by atoms with Gasteiger partial charge in [-0.2, -0.15) is 18.2 Å². The monoisotopic (exact) mass is 323 g/mol. The molecule has 2 aromatic rings. The summed E-state index contributed by atoms with van der Waals surface area (Å²) < 4.78 is 36.1. The molecule has 4 N–H and O–H groups in total. The zero-order chi connectivity index (χ0) is 14.8. The number of nitrogens with zero attached hydrogens (tertiary/aromatic N) is 2. The molecule has 0 aliphatic heterocycles. The van der Waals surface area contributed by atoms with Crippen molar-refractivity contribution < 1.29 is 13.2 Å². The van der Waals surface area contributed by atoms with Crippen molar-refractivity contribution in [3.63, 3.8) is 0 Å². The van der Waals surface area contributed by atoms with Gasteiger partial charge >= 0.3 is 5.51 Å². The van der Waals surface area contributed by atoms with Crippen LogP contribution in [0.2, 0.25) is 0 Å². The summed E-state index contributed by atoms with van der Waals surface area (Å²) in [6.07, 6.45) is 0. The first-order valence-electron chi connectivity index (χ1n) is 5.58. The van der Waals surface area contributed by atoms with E-state index in [9.17, 15) is 13.2 Å². The second-order valence-electron chi connectivity index (χ2n) is 3.84. The molecule has 0 unspecified atom stereocenters. The summed E-state index contributed by atoms with van der Waals surface area (Å²) in [5.74, 6) is 5.89. The molecule has 0 bridgehead atoms. The Bertz CT molecular complexity index is 598. The maximum atomic E-state index is 12.0. The van der Waals surface area contributed by atoms with Crippen LogP contribution in [0.4, 0.5) is 24.9 Å². The molecule has 20 heavy (non-hydrogen) atoms. The van der Waals surface area contributed by atoms with Crippen molar-refractivity contribution in [2.75, 3.05) is 23.0 Å². The maximum absolute atomic E-state index is 12.0. The van der Waals surface area contributed by atoms with Crippen LogP contribution in [0.3, 0.4) is 0 Å². The second-order valence-corrected chi connectivity index (χ2v) is 6.23. The van der Waals surface area contributed by atoms with Crippen molar-refractivity contribution in [3.05, 3.63) is 10.9 Å². The number of nitrogen functional groups attached to an aromatic ring is 1. The summed E-state index contributed by atoms with van der Waals surface area (Å²) in [5, 5.41) is 3.67. The topological polar surface area (TPSA) is 75.9 Å². The van der Waals surface area contributed by atoms with E-state index in [4.69, 9.17) is 5.84 Å². The number of aromatic nitrogens is 2. The van der Waals surface area contributed by atoms with Gasteiger partial charge in [0.1, 0.15) is 10.6 Å². The second kappa shape index (κ2) is 6.02. The number of aryl methyl sites for hydroxylation is 1. The molecule has 2 heterocycles. The fraction of sp³-hybridized carbons (Fsp3) is 0.400. The minimum Gasteiger partial charge on any atom is -0.369 e. The van der Waals surface area contributed by atoms with Crippen LogP contribution in [0.15, 0.2) is 6.07 Å². The molecule has 0 atom stereocenters. The molecule has 2 aromatic heterocycles. The first-order chi connectivity index (χ1) is 9.39. The third kappa shape index (κ3) is 3.87. The normalized spacial score (nSPS) is 11.8. The highest BCUT2D eigenvalue weighted by molar-refractivity contribution is 8.00. The highest BCUT2D eigenvalue weighted by Crippen LogP contribution is 2.31. The Balaban J connectivity index is 2.12. The Morgan fingerprint density at radius 3 is 2.80 bits per heavy atom. The van der Waals surface area contributed by atoms with Crippen LogP contribution >= 0.6 is 23.1 Å². The van der Waals surface area contributed by atoms with Crippen LogP contribution < -0.4 is 16.6 Å². The number of rotatable bonds is 5. The summed E-state index contributed by atoms with van der Waals surface area (Å²) in [4.78, 5) is 10.1. The van der Waals surface area contributed by atoms with Crippen molar-refractivity contribution in [2.24, 2.45) is 5.84 Å². The molecular weight excluding hydrogens is 311 g/mol. The van der Waals surface area contributed by atoms with Gasteiger partial charge in [-0.1, -0.05) is 0 Å². The molecule has 10 heteroatoms. The smallest absolute Gasteiger partial charge is 0.369 e. The Morgan fingerprint density at radius 1 is 1.40 bits per heavy atom. The molecule has 0 saturated carbocycles. The first kappa shape index (κ1) is 15.1. The van der Waals surface area contributed by atoms with Crippen LogP contribution in [0.5, 0.6) is 0 Å². The van der Waals surface area contributed by atoms with Gasteiger partial charge in [-0.05, 0) is 24.8 Å². The van der Waals surface area contributed by atoms with Gasteiger partial charge in [0, 0.05) is 17.2 Å². The summed E-state index contributed by atoms with van der Waals surface area (Å²) in [5.41, 5.74) is -1.87. The highest BCUT2D eigenvalue weighted by Gasteiger charge is 2.27. The van der Waals surface area contributed by atoms with Crippen molar-refractivity contribution in [3.8, 4) is 0 Å². The van der Waals surface area contributed by atoms with Crippen LogP contribution in [-0.2, 0) is 0 Å². The fourth-order valence-corrected chi connectivity index (χ4v) is 2.89. The Hall–Kier alpha value is -1.26. The van der Waals surface area contributed by atoms with Crippen LogP contribution in [0, 0.1) is 6.92 Å². The lowest BCUT2D eigenvalue weighted by atomic mass is 10.3. The molecule has 0 radical (unpaired) electrons. The lowest BCUT2D eigenvalue weighted by Gasteiger charge is -2.09. The van der Waals surface area contributed by atoms with Crippen molar-refractivity contribution >= 4 is 45.1 Å². The number of fused-ring (bicyclic) bond motifs is 1. The van der Waals surface area contributed by atoms with E-state index in [0.717, 1.165) is 15.1 Å². The van der Waals surface area contributed by atoms with Gasteiger partial charge in [0.25, 0.3) is 0 Å². The average molecular weight is 323 g/mol. The van der Waals surface area contributed by atoms with E-state index in [-0.39, 0.29) is 30.0 Å². The number of halogens is 3. The van der Waals surface area contributed by atoms with Gasteiger partial charge in [0.2, 0.25) is 5.95 Å². The van der Waals surface area contributed by atoms with Crippen LogP contribution in [0.1, 0.15) is 4.88 Å². The van der Waals surface area contributed by atoms with Crippen molar-refractivity contribution in [2.45, 2.75) is 12.4 Å². The molecule has 0 aliphatic rings. The summed E-state index contributed by atoms with van der Waals surface area (Å²) in [6.45, 7) is 2.07. The standard InChI is InChI=1S/C10H12F3N5S2/c1-5-4-6-7(15-2-3-19-10(11,12)13)16-9(18-14)17-8(6)20-5/h4H,2-3,14H2,1H3,(H2,15,16,17,18). The van der Waals surface area contributed by atoms with E-state index >= 15 is 0 Å². The van der Waals surface area contributed by atoms with E-state index in [1.165, 1.54) is 11.3 Å². The molecule has 0 aliphatic carbocycles. The molecule has 0 amide bonds. The number of hydrazine groups is 1. The lowest BCUT2D eigenvalue weighted by Crippen LogP contribution is -2.14. The molecule has 2 rings (SSSR count). The predicted octanol–water partition coefficient (Wildman–Crippen LogP) is 2.95. The third-order valence-electron chi connectivity index (χ3n) is 2.31. The van der Waals surface area contributed by atoms with Gasteiger partial charge in [0.05, 0.1) is 5.39 Å². The van der Waals surface area contributed by atoms with E-state index in [0.29, 0.717) is 5.82 Å². The molecule has 0 aromatic carbocycles. The predicted molar refractivity (Wildman–Crippen MR) is 77.0 cm³/mol. The Labute approximate surface area is 121 Å². The molecule has 0 saturated heterocycles. The van der Waals surface area contributed by atoms with Gasteiger partial charge in [0.15, 0.2) is 0 Å². The molecule has 0 fully saturated rings. The number of nitrogens with one attached hydrogen (secondary N) is 2.